The summed E-state index contributed by atoms with van der Waals surface area (Å²) in [5.74, 6) is 2.11. The molecule has 1 aliphatic heterocycles. The van der Waals surface area contributed by atoms with Gasteiger partial charge in [0.25, 0.3) is 0 Å². The van der Waals surface area contributed by atoms with Gasteiger partial charge in [-0.05, 0) is 24.6 Å². The lowest BCUT2D eigenvalue weighted by molar-refractivity contribution is -0.116. The lowest BCUT2D eigenvalue weighted by Gasteiger charge is -2.22. The van der Waals surface area contributed by atoms with Gasteiger partial charge in [0, 0.05) is 35.0 Å². The van der Waals surface area contributed by atoms with Crippen LogP contribution in [-0.2, 0) is 4.79 Å². The van der Waals surface area contributed by atoms with Gasteiger partial charge in [-0.2, -0.15) is 11.8 Å². The van der Waals surface area contributed by atoms with Gasteiger partial charge in [0.05, 0.1) is 11.4 Å². The van der Waals surface area contributed by atoms with Crippen molar-refractivity contribution in [3.63, 3.8) is 0 Å². The molecule has 104 valence electrons. The lowest BCUT2D eigenvalue weighted by atomic mass is 10.1. The SMILES string of the molecule is Cc1cc(Br)cc(NC(=O)CC2CSCCN2)c1N. The zero-order chi connectivity index (χ0) is 13.8. The zero-order valence-electron chi connectivity index (χ0n) is 10.8. The first-order valence-electron chi connectivity index (χ1n) is 6.23. The third-order valence-corrected chi connectivity index (χ3v) is 4.64. The molecule has 1 unspecified atom stereocenters. The number of thioether (sulfide) groups is 1. The number of rotatable bonds is 3. The van der Waals surface area contributed by atoms with Crippen LogP contribution in [0.1, 0.15) is 12.0 Å². The topological polar surface area (TPSA) is 67.2 Å². The molecule has 0 aliphatic carbocycles. The van der Waals surface area contributed by atoms with E-state index in [-0.39, 0.29) is 11.9 Å². The number of hydrogen-bond acceptors (Lipinski definition) is 4. The molecular weight excluding hydrogens is 326 g/mol. The molecule has 1 aromatic carbocycles. The number of halogens is 1. The molecule has 1 saturated heterocycles. The summed E-state index contributed by atoms with van der Waals surface area (Å²) in [7, 11) is 0. The monoisotopic (exact) mass is 343 g/mol. The fourth-order valence-corrected chi connectivity index (χ4v) is 3.55. The number of amides is 1. The Morgan fingerprint density at radius 3 is 3.11 bits per heavy atom. The highest BCUT2D eigenvalue weighted by atomic mass is 79.9. The molecule has 1 aliphatic rings. The molecule has 4 nitrogen and oxygen atoms in total. The van der Waals surface area contributed by atoms with Crippen LogP contribution in [0.15, 0.2) is 16.6 Å². The Hall–Kier alpha value is -0.720. The molecule has 0 spiro atoms. The van der Waals surface area contributed by atoms with Gasteiger partial charge in [-0.3, -0.25) is 4.79 Å². The second-order valence-corrected chi connectivity index (χ2v) is 6.73. The molecule has 1 heterocycles. The smallest absolute Gasteiger partial charge is 0.226 e. The van der Waals surface area contributed by atoms with Gasteiger partial charge in [-0.15, -0.1) is 0 Å². The number of carbonyl (C=O) groups excluding carboxylic acids is 1. The Labute approximate surface area is 126 Å². The van der Waals surface area contributed by atoms with E-state index in [2.05, 4.69) is 26.6 Å². The van der Waals surface area contributed by atoms with E-state index in [0.717, 1.165) is 28.1 Å². The van der Waals surface area contributed by atoms with Crippen LogP contribution in [0.3, 0.4) is 0 Å². The van der Waals surface area contributed by atoms with E-state index in [9.17, 15) is 4.79 Å². The van der Waals surface area contributed by atoms with Crippen molar-refractivity contribution in [2.24, 2.45) is 0 Å². The summed E-state index contributed by atoms with van der Waals surface area (Å²) in [5, 5.41) is 6.25. The van der Waals surface area contributed by atoms with Crippen LogP contribution < -0.4 is 16.4 Å². The maximum Gasteiger partial charge on any atom is 0.226 e. The lowest BCUT2D eigenvalue weighted by Crippen LogP contribution is -2.39. The number of anilines is 2. The Bertz CT molecular complexity index is 475. The van der Waals surface area contributed by atoms with Crippen molar-refractivity contribution in [2.45, 2.75) is 19.4 Å². The molecule has 4 N–H and O–H groups in total. The number of nitrogen functional groups attached to an aromatic ring is 1. The van der Waals surface area contributed by atoms with Gasteiger partial charge in [0.2, 0.25) is 5.91 Å². The predicted molar refractivity (Wildman–Crippen MR) is 85.7 cm³/mol. The van der Waals surface area contributed by atoms with E-state index in [1.807, 2.05) is 30.8 Å². The average molecular weight is 344 g/mol. The molecule has 1 fully saturated rings. The number of aryl methyl sites for hydroxylation is 1. The summed E-state index contributed by atoms with van der Waals surface area (Å²) < 4.78 is 0.917. The molecule has 0 radical (unpaired) electrons. The summed E-state index contributed by atoms with van der Waals surface area (Å²) in [4.78, 5) is 12.0. The molecular formula is C13H18BrN3OS. The van der Waals surface area contributed by atoms with Crippen LogP contribution >= 0.6 is 27.7 Å². The molecule has 0 aromatic heterocycles. The largest absolute Gasteiger partial charge is 0.397 e. The fraction of sp³-hybridized carbons (Fsp3) is 0.462. The van der Waals surface area contributed by atoms with Gasteiger partial charge in [-0.1, -0.05) is 15.9 Å². The van der Waals surface area contributed by atoms with E-state index in [1.54, 1.807) is 0 Å². The Morgan fingerprint density at radius 2 is 2.42 bits per heavy atom. The first-order chi connectivity index (χ1) is 9.06. The van der Waals surface area contributed by atoms with Crippen molar-refractivity contribution in [3.05, 3.63) is 22.2 Å². The van der Waals surface area contributed by atoms with Gasteiger partial charge in [0.1, 0.15) is 0 Å². The van der Waals surface area contributed by atoms with Crippen molar-refractivity contribution in [2.75, 3.05) is 29.1 Å². The molecule has 1 amide bonds. The van der Waals surface area contributed by atoms with E-state index >= 15 is 0 Å². The van der Waals surface area contributed by atoms with Crippen molar-refractivity contribution in [3.8, 4) is 0 Å². The van der Waals surface area contributed by atoms with Crippen LogP contribution in [0.25, 0.3) is 0 Å². The zero-order valence-corrected chi connectivity index (χ0v) is 13.2. The minimum atomic E-state index is 0.00389. The maximum atomic E-state index is 12.0. The summed E-state index contributed by atoms with van der Waals surface area (Å²) in [5.41, 5.74) is 8.24. The van der Waals surface area contributed by atoms with Crippen molar-refractivity contribution in [1.29, 1.82) is 0 Å². The number of hydrogen-bond donors (Lipinski definition) is 3. The van der Waals surface area contributed by atoms with Crippen LogP contribution in [0.2, 0.25) is 0 Å². The predicted octanol–water partition coefficient (Wildman–Crippen LogP) is 2.37. The van der Waals surface area contributed by atoms with Crippen LogP contribution in [0.5, 0.6) is 0 Å². The van der Waals surface area contributed by atoms with Gasteiger partial charge in [-0.25, -0.2) is 0 Å². The summed E-state index contributed by atoms with van der Waals surface area (Å²) in [6.07, 6.45) is 0.484. The minimum absolute atomic E-state index is 0.00389. The average Bonchev–Trinajstić information content (AvgIpc) is 2.36. The number of nitrogens with two attached hydrogens (primary N) is 1. The highest BCUT2D eigenvalue weighted by molar-refractivity contribution is 9.10. The minimum Gasteiger partial charge on any atom is -0.397 e. The standard InChI is InChI=1S/C13H18BrN3OS/c1-8-4-9(14)5-11(13(8)15)17-12(18)6-10-7-19-3-2-16-10/h4-5,10,16H,2-3,6-7,15H2,1H3,(H,17,18). The summed E-state index contributed by atoms with van der Waals surface area (Å²) >= 11 is 5.30. The van der Waals surface area contributed by atoms with Gasteiger partial charge in [0.15, 0.2) is 0 Å². The normalized spacial score (nSPS) is 19.2. The maximum absolute atomic E-state index is 12.0. The van der Waals surface area contributed by atoms with Gasteiger partial charge >= 0.3 is 0 Å². The van der Waals surface area contributed by atoms with Crippen LogP contribution in [-0.4, -0.2) is 30.0 Å². The van der Waals surface area contributed by atoms with E-state index in [4.69, 9.17) is 5.73 Å². The molecule has 0 bridgehead atoms. The van der Waals surface area contributed by atoms with Crippen molar-refractivity contribution in [1.82, 2.24) is 5.32 Å². The second-order valence-electron chi connectivity index (χ2n) is 4.66. The number of carbonyl (C=O) groups is 1. The molecule has 6 heteroatoms. The molecule has 19 heavy (non-hydrogen) atoms. The molecule has 2 rings (SSSR count). The Kier molecular flexibility index (Phi) is 5.13. The highest BCUT2D eigenvalue weighted by Crippen LogP contribution is 2.27. The van der Waals surface area contributed by atoms with Crippen LogP contribution in [0.4, 0.5) is 11.4 Å². The Balaban J connectivity index is 1.98. The fourth-order valence-electron chi connectivity index (χ4n) is 2.03. The number of benzene rings is 1. The summed E-state index contributed by atoms with van der Waals surface area (Å²) in [6.45, 7) is 2.90. The van der Waals surface area contributed by atoms with E-state index in [0.29, 0.717) is 17.8 Å². The third-order valence-electron chi connectivity index (χ3n) is 3.06. The number of nitrogens with one attached hydrogen (secondary N) is 2. The Morgan fingerprint density at radius 1 is 1.63 bits per heavy atom. The van der Waals surface area contributed by atoms with Crippen molar-refractivity contribution < 1.29 is 4.79 Å². The first-order valence-corrected chi connectivity index (χ1v) is 8.17. The van der Waals surface area contributed by atoms with Crippen LogP contribution in [0, 0.1) is 6.92 Å². The molecule has 1 aromatic rings. The molecule has 1 atom stereocenters. The van der Waals surface area contributed by atoms with E-state index in [1.165, 1.54) is 0 Å². The quantitative estimate of drug-likeness (QED) is 0.737. The first kappa shape index (κ1) is 14.7. The molecule has 0 saturated carbocycles. The van der Waals surface area contributed by atoms with Gasteiger partial charge < -0.3 is 16.4 Å². The highest BCUT2D eigenvalue weighted by Gasteiger charge is 2.17. The van der Waals surface area contributed by atoms with E-state index < -0.39 is 0 Å². The summed E-state index contributed by atoms with van der Waals surface area (Å²) in [6, 6.07) is 4.03. The second kappa shape index (κ2) is 6.63. The van der Waals surface area contributed by atoms with Crippen molar-refractivity contribution >= 4 is 45.0 Å². The third kappa shape index (κ3) is 4.12.